The highest BCUT2D eigenvalue weighted by Gasteiger charge is 2.28. The Kier molecular flexibility index (Phi) is 5.19. The van der Waals surface area contributed by atoms with Gasteiger partial charge in [-0.3, -0.25) is 14.2 Å². The Bertz CT molecular complexity index is 867. The lowest BCUT2D eigenvalue weighted by Gasteiger charge is -2.15. The van der Waals surface area contributed by atoms with Crippen LogP contribution in [0.5, 0.6) is 0 Å². The van der Waals surface area contributed by atoms with E-state index in [0.29, 0.717) is 22.2 Å². The zero-order valence-corrected chi connectivity index (χ0v) is 15.6. The number of methoxy groups -OCH3 is 1. The molecule has 1 aromatic carbocycles. The number of nitrogens with zero attached hydrogens (tertiary/aromatic N) is 2. The summed E-state index contributed by atoms with van der Waals surface area (Å²) < 4.78 is 19.5. The first-order chi connectivity index (χ1) is 11.9. The number of aromatic nitrogens is 2. The zero-order valence-electron chi connectivity index (χ0n) is 14.0. The normalized spacial score (nSPS) is 17.2. The molecule has 0 aliphatic carbocycles. The van der Waals surface area contributed by atoms with Gasteiger partial charge in [0.25, 0.3) is 5.56 Å². The van der Waals surface area contributed by atoms with E-state index in [0.717, 1.165) is 17.5 Å². The van der Waals surface area contributed by atoms with E-state index < -0.39 is 11.2 Å². The van der Waals surface area contributed by atoms with E-state index >= 15 is 0 Å². The van der Waals surface area contributed by atoms with Crippen molar-refractivity contribution in [2.24, 2.45) is 0 Å². The molecular weight excluding hydrogens is 363 g/mol. The van der Waals surface area contributed by atoms with Crippen LogP contribution in [-0.2, 0) is 16.0 Å². The van der Waals surface area contributed by atoms with Gasteiger partial charge in [-0.2, -0.15) is 0 Å². The second-order valence-electron chi connectivity index (χ2n) is 5.70. The fourth-order valence-electron chi connectivity index (χ4n) is 2.57. The van der Waals surface area contributed by atoms with Gasteiger partial charge in [0.2, 0.25) is 0 Å². The Hall–Kier alpha value is -1.80. The molecule has 0 fully saturated rings. The van der Waals surface area contributed by atoms with Gasteiger partial charge in [0.1, 0.15) is 11.1 Å². The van der Waals surface area contributed by atoms with Crippen LogP contribution in [0.3, 0.4) is 0 Å². The summed E-state index contributed by atoms with van der Waals surface area (Å²) >= 11 is 2.65. The van der Waals surface area contributed by atoms with Crippen molar-refractivity contribution in [2.45, 2.75) is 40.8 Å². The summed E-state index contributed by atoms with van der Waals surface area (Å²) in [5.74, 6) is -0.779. The third kappa shape index (κ3) is 3.59. The molecule has 0 bridgehead atoms. The maximum atomic E-state index is 13.3. The minimum Gasteiger partial charge on any atom is -0.468 e. The molecule has 0 N–H and O–H groups in total. The van der Waals surface area contributed by atoms with Crippen LogP contribution >= 0.6 is 23.5 Å². The summed E-state index contributed by atoms with van der Waals surface area (Å²) in [6, 6.07) is 5.65. The zero-order chi connectivity index (χ0) is 18.1. The van der Waals surface area contributed by atoms with Crippen LogP contribution in [0.2, 0.25) is 0 Å². The Labute approximate surface area is 153 Å². The molecule has 2 atom stereocenters. The lowest BCUT2D eigenvalue weighted by Crippen LogP contribution is -2.25. The van der Waals surface area contributed by atoms with Crippen molar-refractivity contribution in [3.8, 4) is 5.69 Å². The van der Waals surface area contributed by atoms with E-state index in [4.69, 9.17) is 4.74 Å². The first kappa shape index (κ1) is 18.0. The van der Waals surface area contributed by atoms with Crippen LogP contribution in [0.15, 0.2) is 39.1 Å². The monoisotopic (exact) mass is 380 g/mol. The van der Waals surface area contributed by atoms with Gasteiger partial charge in [-0.25, -0.2) is 9.37 Å². The van der Waals surface area contributed by atoms with Crippen molar-refractivity contribution in [3.63, 3.8) is 0 Å². The second-order valence-corrected chi connectivity index (χ2v) is 8.46. The van der Waals surface area contributed by atoms with Crippen molar-refractivity contribution < 1.29 is 13.9 Å². The molecule has 8 heteroatoms. The number of carbonyl (C=O) groups excluding carboxylic acids is 1. The van der Waals surface area contributed by atoms with Gasteiger partial charge in [0.05, 0.1) is 23.4 Å². The van der Waals surface area contributed by atoms with Gasteiger partial charge in [-0.05, 0) is 31.2 Å². The van der Waals surface area contributed by atoms with Crippen LogP contribution < -0.4 is 5.56 Å². The highest BCUT2D eigenvalue weighted by atomic mass is 32.2. The van der Waals surface area contributed by atoms with Crippen molar-refractivity contribution >= 4 is 29.5 Å². The van der Waals surface area contributed by atoms with E-state index in [2.05, 4.69) is 4.98 Å². The smallest absolute Gasteiger partial charge is 0.318 e. The summed E-state index contributed by atoms with van der Waals surface area (Å²) in [6.45, 7) is 3.74. The molecule has 5 nitrogen and oxygen atoms in total. The number of rotatable bonds is 4. The molecule has 2 heterocycles. The van der Waals surface area contributed by atoms with Gasteiger partial charge < -0.3 is 4.74 Å². The minimum absolute atomic E-state index is 0.189. The Morgan fingerprint density at radius 2 is 2.12 bits per heavy atom. The Morgan fingerprint density at radius 1 is 1.44 bits per heavy atom. The summed E-state index contributed by atoms with van der Waals surface area (Å²) in [5, 5.41) is 0.159. The maximum absolute atomic E-state index is 13.3. The lowest BCUT2D eigenvalue weighted by molar-refractivity contribution is -0.139. The fraction of sp³-hybridized carbons (Fsp3) is 0.353. The predicted octanol–water partition coefficient (Wildman–Crippen LogP) is 3.06. The average Bonchev–Trinajstić information content (AvgIpc) is 2.96. The summed E-state index contributed by atoms with van der Waals surface area (Å²) in [5.41, 5.74) is 1.08. The molecule has 25 heavy (non-hydrogen) atoms. The van der Waals surface area contributed by atoms with Gasteiger partial charge in [-0.1, -0.05) is 18.7 Å². The molecule has 132 valence electrons. The lowest BCUT2D eigenvalue weighted by atomic mass is 10.2. The fourth-order valence-corrected chi connectivity index (χ4v) is 4.64. The number of hydrogen-bond donors (Lipinski definition) is 0. The molecule has 3 rings (SSSR count). The van der Waals surface area contributed by atoms with E-state index in [9.17, 15) is 14.0 Å². The average molecular weight is 380 g/mol. The van der Waals surface area contributed by atoms with Gasteiger partial charge in [0.15, 0.2) is 5.16 Å². The number of halogens is 1. The van der Waals surface area contributed by atoms with E-state index in [1.165, 1.54) is 47.7 Å². The third-order valence-electron chi connectivity index (χ3n) is 3.78. The number of hydrogen-bond acceptors (Lipinski definition) is 6. The molecule has 1 aliphatic heterocycles. The molecular formula is C17H17FN2O3S2. The molecule has 0 spiro atoms. The standard InChI is InChI=1S/C17H17FN2O3S2/c1-9-8-13-14(24-9)15(21)20(12-6-4-11(18)5-7-12)17(19-13)25-10(2)16(22)23-3/h4-7,9-10H,8H2,1-3H3/t9-,10-/m0/s1. The summed E-state index contributed by atoms with van der Waals surface area (Å²) in [4.78, 5) is 30.0. The van der Waals surface area contributed by atoms with Crippen LogP contribution in [-0.4, -0.2) is 33.1 Å². The van der Waals surface area contributed by atoms with E-state index in [1.807, 2.05) is 6.92 Å². The molecule has 1 aliphatic rings. The third-order valence-corrected chi connectivity index (χ3v) is 6.03. The molecule has 0 radical (unpaired) electrons. The van der Waals surface area contributed by atoms with Crippen molar-refractivity contribution in [2.75, 3.05) is 7.11 Å². The summed E-state index contributed by atoms with van der Waals surface area (Å²) in [7, 11) is 1.32. The van der Waals surface area contributed by atoms with Gasteiger partial charge in [-0.15, -0.1) is 11.8 Å². The molecule has 2 aromatic rings. The van der Waals surface area contributed by atoms with Crippen LogP contribution in [0, 0.1) is 5.82 Å². The quantitative estimate of drug-likeness (QED) is 0.462. The maximum Gasteiger partial charge on any atom is 0.318 e. The van der Waals surface area contributed by atoms with E-state index in [1.54, 1.807) is 6.92 Å². The van der Waals surface area contributed by atoms with Crippen molar-refractivity contribution in [1.29, 1.82) is 0 Å². The van der Waals surface area contributed by atoms with Crippen LogP contribution in [0.25, 0.3) is 5.69 Å². The Morgan fingerprint density at radius 3 is 2.76 bits per heavy atom. The molecule has 0 amide bonds. The van der Waals surface area contributed by atoms with Crippen LogP contribution in [0.4, 0.5) is 4.39 Å². The first-order valence-corrected chi connectivity index (χ1v) is 9.49. The second kappa shape index (κ2) is 7.21. The van der Waals surface area contributed by atoms with Gasteiger partial charge in [0, 0.05) is 11.7 Å². The molecule has 0 saturated carbocycles. The van der Waals surface area contributed by atoms with Crippen molar-refractivity contribution in [3.05, 3.63) is 46.1 Å². The topological polar surface area (TPSA) is 61.2 Å². The number of thioether (sulfide) groups is 2. The highest BCUT2D eigenvalue weighted by Crippen LogP contribution is 2.35. The molecule has 0 unspecified atom stereocenters. The first-order valence-electron chi connectivity index (χ1n) is 7.73. The summed E-state index contributed by atoms with van der Waals surface area (Å²) in [6.07, 6.45) is 0.708. The largest absolute Gasteiger partial charge is 0.468 e. The number of benzene rings is 1. The van der Waals surface area contributed by atoms with Gasteiger partial charge >= 0.3 is 5.97 Å². The number of carbonyl (C=O) groups is 1. The number of fused-ring (bicyclic) bond motifs is 1. The number of ether oxygens (including phenoxy) is 1. The van der Waals surface area contributed by atoms with Crippen LogP contribution in [0.1, 0.15) is 19.5 Å². The SMILES string of the molecule is COC(=O)[C@H](C)Sc1nc2c(c(=O)n1-c1ccc(F)cc1)S[C@@H](C)C2. The van der Waals surface area contributed by atoms with E-state index in [-0.39, 0.29) is 16.6 Å². The minimum atomic E-state index is -0.520. The Balaban J connectivity index is 2.13. The van der Waals surface area contributed by atoms with Crippen molar-refractivity contribution in [1.82, 2.24) is 9.55 Å². The number of esters is 1. The predicted molar refractivity (Wildman–Crippen MR) is 96.2 cm³/mol. The molecule has 0 saturated heterocycles. The molecule has 1 aromatic heterocycles. The highest BCUT2D eigenvalue weighted by molar-refractivity contribution is 8.00.